The Morgan fingerprint density at radius 1 is 1.40 bits per heavy atom. The molecule has 0 aromatic carbocycles. The van der Waals surface area contributed by atoms with E-state index in [2.05, 4.69) is 5.32 Å². The van der Waals surface area contributed by atoms with Gasteiger partial charge in [-0.25, -0.2) is 8.78 Å². The third kappa shape index (κ3) is 6.33. The predicted molar refractivity (Wildman–Crippen MR) is 61.9 cm³/mol. The van der Waals surface area contributed by atoms with Gasteiger partial charge < -0.3 is 10.2 Å². The van der Waals surface area contributed by atoms with Crippen LogP contribution in [-0.2, 0) is 0 Å². The normalized spacial score (nSPS) is 19.0. The van der Waals surface area contributed by atoms with Gasteiger partial charge >= 0.3 is 0 Å². The summed E-state index contributed by atoms with van der Waals surface area (Å²) in [4.78, 5) is 1.71. The molecule has 0 unspecified atom stereocenters. The summed E-state index contributed by atoms with van der Waals surface area (Å²) in [5, 5.41) is 4.05. The summed E-state index contributed by atoms with van der Waals surface area (Å²) in [5.41, 5.74) is 0. The fraction of sp³-hybridized carbons (Fsp3) is 1.00. The molecule has 0 saturated carbocycles. The molecule has 0 aromatic heterocycles. The lowest BCUT2D eigenvalue weighted by atomic mass is 10.2. The van der Waals surface area contributed by atoms with E-state index in [1.807, 2.05) is 11.8 Å². The lowest BCUT2D eigenvalue weighted by Crippen LogP contribution is -2.31. The zero-order chi connectivity index (χ0) is 11.1. The number of nitrogens with one attached hydrogen (secondary N) is 1. The number of rotatable bonds is 6. The van der Waals surface area contributed by atoms with Crippen LogP contribution >= 0.6 is 11.8 Å². The van der Waals surface area contributed by atoms with Gasteiger partial charge in [0.25, 0.3) is 6.43 Å². The first-order valence-corrected chi connectivity index (χ1v) is 6.52. The molecule has 1 aliphatic rings. The number of hydrogen-bond acceptors (Lipinski definition) is 3. The van der Waals surface area contributed by atoms with Crippen LogP contribution in [0.25, 0.3) is 0 Å². The molecule has 0 spiro atoms. The van der Waals surface area contributed by atoms with E-state index in [4.69, 9.17) is 0 Å². The highest BCUT2D eigenvalue weighted by Crippen LogP contribution is 2.19. The molecular weight excluding hydrogens is 218 g/mol. The maximum Gasteiger partial charge on any atom is 0.251 e. The van der Waals surface area contributed by atoms with Gasteiger partial charge in [-0.15, -0.1) is 0 Å². The summed E-state index contributed by atoms with van der Waals surface area (Å²) in [6, 6.07) is 0. The second-order valence-electron chi connectivity index (χ2n) is 3.97. The van der Waals surface area contributed by atoms with Crippen LogP contribution in [0.4, 0.5) is 8.78 Å². The number of alkyl halides is 2. The molecule has 1 fully saturated rings. The van der Waals surface area contributed by atoms with E-state index >= 15 is 0 Å². The fourth-order valence-electron chi connectivity index (χ4n) is 1.66. The van der Waals surface area contributed by atoms with Crippen LogP contribution in [0.5, 0.6) is 0 Å². The molecule has 1 saturated heterocycles. The first-order chi connectivity index (χ1) is 7.18. The molecule has 0 atom stereocenters. The Kier molecular flexibility index (Phi) is 6.52. The maximum atomic E-state index is 12.0. The molecule has 5 heteroatoms. The van der Waals surface area contributed by atoms with Gasteiger partial charge in [0.15, 0.2) is 0 Å². The summed E-state index contributed by atoms with van der Waals surface area (Å²) >= 11 is 1.93. The molecule has 2 nitrogen and oxygen atoms in total. The zero-order valence-corrected chi connectivity index (χ0v) is 10.0. The Morgan fingerprint density at radius 2 is 2.07 bits per heavy atom. The van der Waals surface area contributed by atoms with E-state index < -0.39 is 6.43 Å². The first kappa shape index (κ1) is 13.2. The Balaban J connectivity index is 1.99. The molecule has 90 valence electrons. The minimum absolute atomic E-state index is 0.104. The summed E-state index contributed by atoms with van der Waals surface area (Å²) in [6.45, 7) is 2.86. The Bertz CT molecular complexity index is 164. The van der Waals surface area contributed by atoms with Crippen LogP contribution in [0.3, 0.4) is 0 Å². The van der Waals surface area contributed by atoms with Crippen molar-refractivity contribution >= 4 is 11.8 Å². The molecule has 1 N–H and O–H groups in total. The molecule has 0 amide bonds. The standard InChI is InChI=1S/C10H20F2N2S/c1-14(8-10(11)12)6-7-15-9-2-4-13-5-3-9/h9-10,13H,2-8H2,1H3. The van der Waals surface area contributed by atoms with Gasteiger partial charge in [0, 0.05) is 17.5 Å². The molecule has 0 bridgehead atoms. The Hall–Kier alpha value is 0.130. The molecule has 1 aliphatic heterocycles. The van der Waals surface area contributed by atoms with Gasteiger partial charge in [-0.05, 0) is 33.0 Å². The van der Waals surface area contributed by atoms with Gasteiger partial charge in [0.2, 0.25) is 0 Å². The van der Waals surface area contributed by atoms with Crippen molar-refractivity contribution in [1.82, 2.24) is 10.2 Å². The van der Waals surface area contributed by atoms with Crippen LogP contribution in [0.2, 0.25) is 0 Å². The van der Waals surface area contributed by atoms with Crippen LogP contribution in [0.1, 0.15) is 12.8 Å². The summed E-state index contributed by atoms with van der Waals surface area (Å²) in [6.07, 6.45) is 0.214. The third-order valence-corrected chi connectivity index (χ3v) is 3.92. The molecule has 1 rings (SSSR count). The summed E-state index contributed by atoms with van der Waals surface area (Å²) in [5.74, 6) is 0.966. The highest BCUT2D eigenvalue weighted by atomic mass is 32.2. The number of halogens is 2. The van der Waals surface area contributed by atoms with Crippen LogP contribution < -0.4 is 5.32 Å². The Morgan fingerprint density at radius 3 is 2.67 bits per heavy atom. The average molecular weight is 238 g/mol. The summed E-state index contributed by atoms with van der Waals surface area (Å²) < 4.78 is 24.0. The van der Waals surface area contributed by atoms with E-state index in [-0.39, 0.29) is 6.54 Å². The van der Waals surface area contributed by atoms with Crippen molar-refractivity contribution in [2.45, 2.75) is 24.5 Å². The zero-order valence-electron chi connectivity index (χ0n) is 9.22. The molecule has 0 radical (unpaired) electrons. The van der Waals surface area contributed by atoms with E-state index in [0.717, 1.165) is 30.6 Å². The minimum Gasteiger partial charge on any atom is -0.317 e. The van der Waals surface area contributed by atoms with Crippen molar-refractivity contribution in [3.05, 3.63) is 0 Å². The van der Waals surface area contributed by atoms with Crippen molar-refractivity contribution < 1.29 is 8.78 Å². The highest BCUT2D eigenvalue weighted by molar-refractivity contribution is 7.99. The quantitative estimate of drug-likeness (QED) is 0.758. The van der Waals surface area contributed by atoms with E-state index in [1.54, 1.807) is 11.9 Å². The first-order valence-electron chi connectivity index (χ1n) is 5.47. The van der Waals surface area contributed by atoms with Crippen molar-refractivity contribution in [1.29, 1.82) is 0 Å². The number of hydrogen-bond donors (Lipinski definition) is 1. The van der Waals surface area contributed by atoms with Gasteiger partial charge in [0.05, 0.1) is 6.54 Å². The van der Waals surface area contributed by atoms with Crippen LogP contribution in [0, 0.1) is 0 Å². The van der Waals surface area contributed by atoms with E-state index in [0.29, 0.717) is 0 Å². The smallest absolute Gasteiger partial charge is 0.251 e. The van der Waals surface area contributed by atoms with Crippen molar-refractivity contribution in [3.63, 3.8) is 0 Å². The predicted octanol–water partition coefficient (Wildman–Crippen LogP) is 1.67. The Labute approximate surface area is 94.8 Å². The monoisotopic (exact) mass is 238 g/mol. The maximum absolute atomic E-state index is 12.0. The van der Waals surface area contributed by atoms with E-state index in [1.165, 1.54) is 12.8 Å². The van der Waals surface area contributed by atoms with Crippen LogP contribution in [-0.4, -0.2) is 55.6 Å². The van der Waals surface area contributed by atoms with Crippen molar-refractivity contribution in [3.8, 4) is 0 Å². The number of thioether (sulfide) groups is 1. The van der Waals surface area contributed by atoms with Crippen LogP contribution in [0.15, 0.2) is 0 Å². The van der Waals surface area contributed by atoms with Crippen molar-refractivity contribution in [2.24, 2.45) is 0 Å². The molecule has 0 aromatic rings. The molecule has 15 heavy (non-hydrogen) atoms. The molecule has 1 heterocycles. The fourth-order valence-corrected chi connectivity index (χ4v) is 2.98. The second kappa shape index (κ2) is 7.41. The average Bonchev–Trinajstić information content (AvgIpc) is 2.18. The minimum atomic E-state index is -2.21. The second-order valence-corrected chi connectivity index (χ2v) is 5.38. The third-order valence-electron chi connectivity index (χ3n) is 2.56. The number of piperidine rings is 1. The van der Waals surface area contributed by atoms with Gasteiger partial charge in [-0.3, -0.25) is 0 Å². The SMILES string of the molecule is CN(CCSC1CCNCC1)CC(F)F. The van der Waals surface area contributed by atoms with Gasteiger partial charge in [-0.1, -0.05) is 0 Å². The number of nitrogens with zero attached hydrogens (tertiary/aromatic N) is 1. The summed E-state index contributed by atoms with van der Waals surface area (Å²) in [7, 11) is 1.76. The van der Waals surface area contributed by atoms with E-state index in [9.17, 15) is 8.78 Å². The van der Waals surface area contributed by atoms with Gasteiger partial charge in [-0.2, -0.15) is 11.8 Å². The lowest BCUT2D eigenvalue weighted by Gasteiger charge is -2.23. The molecular formula is C10H20F2N2S. The van der Waals surface area contributed by atoms with Gasteiger partial charge in [0.1, 0.15) is 0 Å². The highest BCUT2D eigenvalue weighted by Gasteiger charge is 2.13. The molecule has 0 aliphatic carbocycles. The topological polar surface area (TPSA) is 15.3 Å². The largest absolute Gasteiger partial charge is 0.317 e. The lowest BCUT2D eigenvalue weighted by molar-refractivity contribution is 0.103. The van der Waals surface area contributed by atoms with Crippen molar-refractivity contribution in [2.75, 3.05) is 39.0 Å².